The molecule has 0 spiro atoms. The number of nitrogens with zero attached hydrogens (tertiary/aromatic N) is 1. The molecule has 5 heteroatoms. The molecule has 1 heterocycles. The molecular weight excluding hydrogens is 276 g/mol. The highest BCUT2D eigenvalue weighted by Crippen LogP contribution is 2.24. The third-order valence-electron chi connectivity index (χ3n) is 3.46. The van der Waals surface area contributed by atoms with Crippen LogP contribution in [0.2, 0.25) is 5.02 Å². The summed E-state index contributed by atoms with van der Waals surface area (Å²) in [6, 6.07) is 5.32. The number of aliphatic hydroxyl groups excluding tert-OH is 1. The number of nitrogens with one attached hydrogen (secondary N) is 1. The number of anilines is 1. The van der Waals surface area contributed by atoms with Crippen molar-refractivity contribution in [2.75, 3.05) is 25.0 Å². The van der Waals surface area contributed by atoms with Crippen LogP contribution in [0.25, 0.3) is 0 Å². The molecule has 1 aromatic rings. The summed E-state index contributed by atoms with van der Waals surface area (Å²) in [5.74, 6) is -0.0650. The van der Waals surface area contributed by atoms with E-state index in [1.165, 1.54) is 0 Å². The van der Waals surface area contributed by atoms with Crippen LogP contribution < -0.4 is 5.32 Å². The van der Waals surface area contributed by atoms with Crippen LogP contribution in [0.3, 0.4) is 0 Å². The first-order valence-corrected chi connectivity index (χ1v) is 7.50. The molecule has 4 nitrogen and oxygen atoms in total. The van der Waals surface area contributed by atoms with E-state index in [9.17, 15) is 9.90 Å². The van der Waals surface area contributed by atoms with Gasteiger partial charge < -0.3 is 15.3 Å². The minimum atomic E-state index is -0.418. The Morgan fingerprint density at radius 1 is 1.55 bits per heavy atom. The highest BCUT2D eigenvalue weighted by atomic mass is 35.5. The Balaban J connectivity index is 2.20. The van der Waals surface area contributed by atoms with Gasteiger partial charge in [0.1, 0.15) is 0 Å². The summed E-state index contributed by atoms with van der Waals surface area (Å²) >= 11 is 6.01. The zero-order valence-corrected chi connectivity index (χ0v) is 12.5. The van der Waals surface area contributed by atoms with Crippen LogP contribution in [-0.4, -0.2) is 41.7 Å². The number of rotatable bonds is 4. The average Bonchev–Trinajstić information content (AvgIpc) is 2.45. The molecule has 0 bridgehead atoms. The molecule has 1 amide bonds. The van der Waals surface area contributed by atoms with Gasteiger partial charge in [-0.1, -0.05) is 18.5 Å². The van der Waals surface area contributed by atoms with Gasteiger partial charge in [0.25, 0.3) is 5.91 Å². The fraction of sp³-hybridized carbons (Fsp3) is 0.533. The van der Waals surface area contributed by atoms with E-state index in [1.807, 2.05) is 6.07 Å². The Bertz CT molecular complexity index is 479. The number of likely N-dealkylation sites (tertiary alicyclic amines) is 1. The van der Waals surface area contributed by atoms with Gasteiger partial charge in [-0.05, 0) is 37.5 Å². The van der Waals surface area contributed by atoms with E-state index in [1.54, 1.807) is 17.0 Å². The van der Waals surface area contributed by atoms with Crippen LogP contribution in [0, 0.1) is 0 Å². The van der Waals surface area contributed by atoms with Gasteiger partial charge in [0.15, 0.2) is 0 Å². The van der Waals surface area contributed by atoms with Gasteiger partial charge >= 0.3 is 0 Å². The molecule has 2 N–H and O–H groups in total. The van der Waals surface area contributed by atoms with Crippen molar-refractivity contribution in [3.05, 3.63) is 28.8 Å². The van der Waals surface area contributed by atoms with Gasteiger partial charge in [-0.25, -0.2) is 0 Å². The molecule has 1 aliphatic rings. The quantitative estimate of drug-likeness (QED) is 0.898. The Hall–Kier alpha value is -1.26. The van der Waals surface area contributed by atoms with Crippen molar-refractivity contribution in [3.8, 4) is 0 Å². The molecule has 1 atom stereocenters. The van der Waals surface area contributed by atoms with Crippen molar-refractivity contribution in [1.82, 2.24) is 4.90 Å². The van der Waals surface area contributed by atoms with Crippen molar-refractivity contribution in [3.63, 3.8) is 0 Å². The van der Waals surface area contributed by atoms with Gasteiger partial charge in [0.05, 0.1) is 11.7 Å². The monoisotopic (exact) mass is 296 g/mol. The lowest BCUT2D eigenvalue weighted by Gasteiger charge is -2.30. The predicted molar refractivity (Wildman–Crippen MR) is 81.4 cm³/mol. The van der Waals surface area contributed by atoms with Crippen molar-refractivity contribution in [1.29, 1.82) is 0 Å². The standard InChI is InChI=1S/C15H21ClN2O2/c1-2-7-17-14-6-5-11(16)9-13(14)15(20)18-8-3-4-12(19)10-18/h5-6,9,12,17,19H,2-4,7-8,10H2,1H3. The number of piperidine rings is 1. The maximum absolute atomic E-state index is 12.6. The van der Waals surface area contributed by atoms with Crippen LogP contribution in [0.4, 0.5) is 5.69 Å². The summed E-state index contributed by atoms with van der Waals surface area (Å²) in [7, 11) is 0. The van der Waals surface area contributed by atoms with Gasteiger partial charge in [-0.3, -0.25) is 4.79 Å². The SMILES string of the molecule is CCCNc1ccc(Cl)cc1C(=O)N1CCCC(O)C1. The van der Waals surface area contributed by atoms with Gasteiger partial charge in [-0.15, -0.1) is 0 Å². The van der Waals surface area contributed by atoms with Crippen molar-refractivity contribution in [2.24, 2.45) is 0 Å². The summed E-state index contributed by atoms with van der Waals surface area (Å²) in [5.41, 5.74) is 1.39. The smallest absolute Gasteiger partial charge is 0.256 e. The first-order valence-electron chi connectivity index (χ1n) is 7.12. The van der Waals surface area contributed by atoms with Crippen molar-refractivity contribution < 1.29 is 9.90 Å². The first-order chi connectivity index (χ1) is 9.61. The summed E-state index contributed by atoms with van der Waals surface area (Å²) in [6.45, 7) is 3.98. The largest absolute Gasteiger partial charge is 0.391 e. The fourth-order valence-electron chi connectivity index (χ4n) is 2.42. The maximum atomic E-state index is 12.6. The number of carbonyl (C=O) groups is 1. The minimum absolute atomic E-state index is 0.0650. The summed E-state index contributed by atoms with van der Waals surface area (Å²) in [4.78, 5) is 14.3. The Labute approximate surface area is 124 Å². The summed E-state index contributed by atoms with van der Waals surface area (Å²) < 4.78 is 0. The van der Waals surface area contributed by atoms with E-state index < -0.39 is 6.10 Å². The molecule has 1 saturated heterocycles. The van der Waals surface area contributed by atoms with E-state index in [4.69, 9.17) is 11.6 Å². The Morgan fingerprint density at radius 3 is 3.05 bits per heavy atom. The number of hydrogen-bond acceptors (Lipinski definition) is 3. The number of hydrogen-bond donors (Lipinski definition) is 2. The van der Waals surface area contributed by atoms with Crippen LogP contribution in [0.15, 0.2) is 18.2 Å². The molecule has 0 saturated carbocycles. The number of benzene rings is 1. The highest BCUT2D eigenvalue weighted by Gasteiger charge is 2.24. The van der Waals surface area contributed by atoms with E-state index in [-0.39, 0.29) is 5.91 Å². The maximum Gasteiger partial charge on any atom is 0.256 e. The zero-order valence-electron chi connectivity index (χ0n) is 11.7. The Morgan fingerprint density at radius 2 is 2.35 bits per heavy atom. The number of carbonyl (C=O) groups excluding carboxylic acids is 1. The molecule has 0 radical (unpaired) electrons. The topological polar surface area (TPSA) is 52.6 Å². The highest BCUT2D eigenvalue weighted by molar-refractivity contribution is 6.31. The molecule has 20 heavy (non-hydrogen) atoms. The van der Waals surface area contributed by atoms with E-state index >= 15 is 0 Å². The van der Waals surface area contributed by atoms with Crippen LogP contribution >= 0.6 is 11.6 Å². The molecule has 0 aliphatic carbocycles. The first kappa shape index (κ1) is 15.1. The van der Waals surface area contributed by atoms with Crippen molar-refractivity contribution in [2.45, 2.75) is 32.3 Å². The van der Waals surface area contributed by atoms with E-state index in [2.05, 4.69) is 12.2 Å². The second kappa shape index (κ2) is 6.95. The van der Waals surface area contributed by atoms with E-state index in [0.717, 1.165) is 31.5 Å². The third kappa shape index (κ3) is 3.64. The molecule has 0 aromatic heterocycles. The molecule has 1 unspecified atom stereocenters. The zero-order chi connectivity index (χ0) is 14.5. The van der Waals surface area contributed by atoms with Crippen molar-refractivity contribution >= 4 is 23.2 Å². The number of halogens is 1. The Kier molecular flexibility index (Phi) is 5.26. The van der Waals surface area contributed by atoms with Crippen LogP contribution in [-0.2, 0) is 0 Å². The molecule has 1 aromatic carbocycles. The van der Waals surface area contributed by atoms with Crippen LogP contribution in [0.1, 0.15) is 36.5 Å². The summed E-state index contributed by atoms with van der Waals surface area (Å²) in [5, 5.41) is 13.5. The fourth-order valence-corrected chi connectivity index (χ4v) is 2.59. The second-order valence-corrected chi connectivity index (χ2v) is 5.60. The van der Waals surface area contributed by atoms with Crippen LogP contribution in [0.5, 0.6) is 0 Å². The predicted octanol–water partition coefficient (Wildman–Crippen LogP) is 2.76. The number of β-amino-alcohol motifs (C(OH)–C–C–N with tert-alkyl or cyclic N) is 1. The lowest BCUT2D eigenvalue weighted by atomic mass is 10.1. The lowest BCUT2D eigenvalue weighted by Crippen LogP contribution is -2.42. The molecular formula is C15H21ClN2O2. The normalized spacial score (nSPS) is 18.9. The third-order valence-corrected chi connectivity index (χ3v) is 3.70. The second-order valence-electron chi connectivity index (χ2n) is 5.16. The van der Waals surface area contributed by atoms with Gasteiger partial charge in [0, 0.05) is 30.3 Å². The van der Waals surface area contributed by atoms with E-state index in [0.29, 0.717) is 23.7 Å². The number of amides is 1. The molecule has 2 rings (SSSR count). The number of aliphatic hydroxyl groups is 1. The molecule has 110 valence electrons. The van der Waals surface area contributed by atoms with Gasteiger partial charge in [-0.2, -0.15) is 0 Å². The lowest BCUT2D eigenvalue weighted by molar-refractivity contribution is 0.0474. The average molecular weight is 297 g/mol. The molecule has 1 fully saturated rings. The van der Waals surface area contributed by atoms with Gasteiger partial charge in [0.2, 0.25) is 0 Å². The summed E-state index contributed by atoms with van der Waals surface area (Å²) in [6.07, 6.45) is 2.17. The molecule has 1 aliphatic heterocycles. The minimum Gasteiger partial charge on any atom is -0.391 e.